The summed E-state index contributed by atoms with van der Waals surface area (Å²) < 4.78 is 5.72. The van der Waals surface area contributed by atoms with E-state index in [0.717, 1.165) is 35.8 Å². The van der Waals surface area contributed by atoms with Crippen LogP contribution in [-0.4, -0.2) is 24.2 Å². The van der Waals surface area contributed by atoms with E-state index in [1.165, 1.54) is 11.3 Å². The van der Waals surface area contributed by atoms with Crippen molar-refractivity contribution in [2.24, 2.45) is 0 Å². The Morgan fingerprint density at radius 2 is 2.26 bits per heavy atom. The second-order valence-electron chi connectivity index (χ2n) is 4.89. The lowest BCUT2D eigenvalue weighted by atomic mass is 10.1. The van der Waals surface area contributed by atoms with Gasteiger partial charge in [0.05, 0.1) is 17.9 Å². The number of rotatable bonds is 2. The number of thiazole rings is 1. The zero-order valence-electron chi connectivity index (χ0n) is 11.1. The Bertz CT molecular complexity index is 594. The molecule has 0 radical (unpaired) electrons. The summed E-state index contributed by atoms with van der Waals surface area (Å²) in [5, 5.41) is 2.59. The molecule has 0 fully saturated rings. The van der Waals surface area contributed by atoms with Crippen LogP contribution in [0.4, 0.5) is 10.8 Å². The summed E-state index contributed by atoms with van der Waals surface area (Å²) in [4.78, 5) is 6.70. The first-order chi connectivity index (χ1) is 9.15. The molecule has 0 saturated heterocycles. The van der Waals surface area contributed by atoms with Crippen LogP contribution in [0.25, 0.3) is 11.3 Å². The predicted molar refractivity (Wildman–Crippen MR) is 79.9 cm³/mol. The largest absolute Gasteiger partial charge is 0.490 e. The van der Waals surface area contributed by atoms with E-state index in [9.17, 15) is 0 Å². The monoisotopic (exact) mass is 275 g/mol. The molecule has 2 aromatic rings. The number of hydrogen-bond donors (Lipinski definition) is 1. The van der Waals surface area contributed by atoms with Crippen molar-refractivity contribution in [2.45, 2.75) is 19.9 Å². The van der Waals surface area contributed by atoms with E-state index in [2.05, 4.69) is 29.8 Å². The number of anilines is 2. The van der Waals surface area contributed by atoms with Gasteiger partial charge in [-0.25, -0.2) is 4.98 Å². The van der Waals surface area contributed by atoms with Crippen molar-refractivity contribution >= 4 is 22.2 Å². The predicted octanol–water partition coefficient (Wildman–Crippen LogP) is 3.00. The lowest BCUT2D eigenvalue weighted by Crippen LogP contribution is -2.37. The van der Waals surface area contributed by atoms with Crippen molar-refractivity contribution in [3.8, 4) is 17.0 Å². The Balaban J connectivity index is 2.04. The van der Waals surface area contributed by atoms with Crippen LogP contribution in [0.5, 0.6) is 5.75 Å². The summed E-state index contributed by atoms with van der Waals surface area (Å²) >= 11 is 1.47. The van der Waals surface area contributed by atoms with E-state index >= 15 is 0 Å². The number of nitrogen functional groups attached to an aromatic ring is 1. The van der Waals surface area contributed by atoms with Crippen LogP contribution >= 0.6 is 11.3 Å². The molecule has 1 aliphatic rings. The molecule has 0 unspecified atom stereocenters. The van der Waals surface area contributed by atoms with Crippen LogP contribution < -0.4 is 15.4 Å². The van der Waals surface area contributed by atoms with Crippen LogP contribution in [0, 0.1) is 0 Å². The summed E-state index contributed by atoms with van der Waals surface area (Å²) in [5.41, 5.74) is 8.86. The standard InChI is InChI=1S/C14H17N3OS/c1-9(2)17-5-6-18-13-4-3-10(7-12(13)17)11-8-19-14(15)16-11/h3-4,7-9H,5-6H2,1-2H3,(H2,15,16). The molecule has 3 rings (SSSR count). The van der Waals surface area contributed by atoms with Crippen molar-refractivity contribution in [3.63, 3.8) is 0 Å². The number of benzene rings is 1. The van der Waals surface area contributed by atoms with Gasteiger partial charge in [-0.2, -0.15) is 0 Å². The SMILES string of the molecule is CC(C)N1CCOc2ccc(-c3csc(N)n3)cc21. The topological polar surface area (TPSA) is 51.4 Å². The first-order valence-corrected chi connectivity index (χ1v) is 7.28. The summed E-state index contributed by atoms with van der Waals surface area (Å²) in [5.74, 6) is 0.951. The molecule has 0 spiro atoms. The molecule has 0 amide bonds. The summed E-state index contributed by atoms with van der Waals surface area (Å²) in [6.45, 7) is 6.06. The molecule has 0 atom stereocenters. The molecule has 100 valence electrons. The molecule has 19 heavy (non-hydrogen) atoms. The molecule has 0 saturated carbocycles. The molecular weight excluding hydrogens is 258 g/mol. The Morgan fingerprint density at radius 1 is 1.42 bits per heavy atom. The zero-order chi connectivity index (χ0) is 13.4. The van der Waals surface area contributed by atoms with Crippen molar-refractivity contribution in [1.29, 1.82) is 0 Å². The number of aromatic nitrogens is 1. The molecule has 2 N–H and O–H groups in total. The maximum absolute atomic E-state index is 5.72. The van der Waals surface area contributed by atoms with E-state index in [1.807, 2.05) is 17.5 Å². The van der Waals surface area contributed by atoms with Gasteiger partial charge in [0.15, 0.2) is 5.13 Å². The van der Waals surface area contributed by atoms with Gasteiger partial charge < -0.3 is 15.4 Å². The second-order valence-corrected chi connectivity index (χ2v) is 5.78. The lowest BCUT2D eigenvalue weighted by molar-refractivity contribution is 0.303. The van der Waals surface area contributed by atoms with Gasteiger partial charge in [0, 0.05) is 17.0 Å². The van der Waals surface area contributed by atoms with E-state index < -0.39 is 0 Å². The molecule has 1 aromatic heterocycles. The first kappa shape index (κ1) is 12.3. The first-order valence-electron chi connectivity index (χ1n) is 6.40. The average molecular weight is 275 g/mol. The normalized spacial score (nSPS) is 14.4. The fraction of sp³-hybridized carbons (Fsp3) is 0.357. The fourth-order valence-corrected chi connectivity index (χ4v) is 2.93. The van der Waals surface area contributed by atoms with Gasteiger partial charge in [-0.3, -0.25) is 0 Å². The third-order valence-corrected chi connectivity index (χ3v) is 3.97. The van der Waals surface area contributed by atoms with Gasteiger partial charge >= 0.3 is 0 Å². The maximum Gasteiger partial charge on any atom is 0.180 e. The maximum atomic E-state index is 5.72. The van der Waals surface area contributed by atoms with E-state index in [-0.39, 0.29) is 0 Å². The van der Waals surface area contributed by atoms with Gasteiger partial charge in [0.1, 0.15) is 12.4 Å². The smallest absolute Gasteiger partial charge is 0.180 e. The van der Waals surface area contributed by atoms with Crippen LogP contribution in [0.15, 0.2) is 23.6 Å². The molecule has 0 aliphatic carbocycles. The van der Waals surface area contributed by atoms with Crippen LogP contribution in [0.3, 0.4) is 0 Å². The second kappa shape index (κ2) is 4.74. The molecular formula is C14H17N3OS. The van der Waals surface area contributed by atoms with E-state index in [1.54, 1.807) is 0 Å². The van der Waals surface area contributed by atoms with Crippen LogP contribution in [-0.2, 0) is 0 Å². The van der Waals surface area contributed by atoms with Crippen molar-refractivity contribution in [3.05, 3.63) is 23.6 Å². The minimum absolute atomic E-state index is 0.457. The summed E-state index contributed by atoms with van der Waals surface area (Å²) in [7, 11) is 0. The van der Waals surface area contributed by atoms with Crippen molar-refractivity contribution in [2.75, 3.05) is 23.8 Å². The Labute approximate surface area is 116 Å². The van der Waals surface area contributed by atoms with Crippen LogP contribution in [0.1, 0.15) is 13.8 Å². The van der Waals surface area contributed by atoms with Gasteiger partial charge in [0.25, 0.3) is 0 Å². The number of ether oxygens (including phenoxy) is 1. The number of nitrogens with zero attached hydrogens (tertiary/aromatic N) is 2. The summed E-state index contributed by atoms with van der Waals surface area (Å²) in [6.07, 6.45) is 0. The van der Waals surface area contributed by atoms with Crippen LogP contribution in [0.2, 0.25) is 0 Å². The summed E-state index contributed by atoms with van der Waals surface area (Å²) in [6, 6.07) is 6.66. The van der Waals surface area contributed by atoms with Gasteiger partial charge in [0.2, 0.25) is 0 Å². The van der Waals surface area contributed by atoms with E-state index in [4.69, 9.17) is 10.5 Å². The average Bonchev–Trinajstić information content (AvgIpc) is 2.84. The quantitative estimate of drug-likeness (QED) is 0.915. The number of hydrogen-bond acceptors (Lipinski definition) is 5. The highest BCUT2D eigenvalue weighted by Crippen LogP contribution is 2.36. The van der Waals surface area contributed by atoms with Crippen molar-refractivity contribution in [1.82, 2.24) is 4.98 Å². The Morgan fingerprint density at radius 3 is 2.95 bits per heavy atom. The minimum atomic E-state index is 0.457. The highest BCUT2D eigenvalue weighted by atomic mass is 32.1. The Kier molecular flexibility index (Phi) is 3.06. The van der Waals surface area contributed by atoms with Gasteiger partial charge in [-0.1, -0.05) is 0 Å². The molecule has 5 heteroatoms. The minimum Gasteiger partial charge on any atom is -0.490 e. The molecule has 0 bridgehead atoms. The highest BCUT2D eigenvalue weighted by molar-refractivity contribution is 7.13. The van der Waals surface area contributed by atoms with E-state index in [0.29, 0.717) is 11.2 Å². The lowest BCUT2D eigenvalue weighted by Gasteiger charge is -2.34. The molecule has 1 aromatic carbocycles. The number of nitrogens with two attached hydrogens (primary N) is 1. The highest BCUT2D eigenvalue weighted by Gasteiger charge is 2.21. The molecule has 1 aliphatic heterocycles. The molecule has 4 nitrogen and oxygen atoms in total. The fourth-order valence-electron chi connectivity index (χ4n) is 2.35. The molecule has 2 heterocycles. The third-order valence-electron chi connectivity index (χ3n) is 3.30. The van der Waals surface area contributed by atoms with Gasteiger partial charge in [-0.05, 0) is 32.0 Å². The number of fused-ring (bicyclic) bond motifs is 1. The zero-order valence-corrected chi connectivity index (χ0v) is 11.9. The van der Waals surface area contributed by atoms with Crippen molar-refractivity contribution < 1.29 is 4.74 Å². The van der Waals surface area contributed by atoms with Gasteiger partial charge in [-0.15, -0.1) is 11.3 Å². The third kappa shape index (κ3) is 2.26. The Hall–Kier alpha value is -1.75.